The molecule has 0 spiro atoms. The van der Waals surface area contributed by atoms with Crippen LogP contribution < -0.4 is 5.32 Å². The zero-order valence-electron chi connectivity index (χ0n) is 15.6. The van der Waals surface area contributed by atoms with Gasteiger partial charge in [-0.1, -0.05) is 12.1 Å². The van der Waals surface area contributed by atoms with Crippen LogP contribution >= 0.6 is 0 Å². The molecule has 0 bridgehead atoms. The number of morpholine rings is 1. The van der Waals surface area contributed by atoms with E-state index in [0.717, 1.165) is 38.0 Å². The number of hydrogen-bond acceptors (Lipinski definition) is 5. The van der Waals surface area contributed by atoms with Crippen LogP contribution in [0.2, 0.25) is 0 Å². The van der Waals surface area contributed by atoms with Gasteiger partial charge in [0.2, 0.25) is 0 Å². The third kappa shape index (κ3) is 5.81. The maximum absolute atomic E-state index is 12.1. The summed E-state index contributed by atoms with van der Waals surface area (Å²) in [6.45, 7) is 7.23. The summed E-state index contributed by atoms with van der Waals surface area (Å²) in [7, 11) is 0. The summed E-state index contributed by atoms with van der Waals surface area (Å²) in [6.07, 6.45) is 2.75. The van der Waals surface area contributed by atoms with Crippen LogP contribution in [-0.4, -0.2) is 55.2 Å². The molecule has 2 aliphatic rings. The van der Waals surface area contributed by atoms with Gasteiger partial charge in [-0.3, -0.25) is 14.5 Å². The van der Waals surface area contributed by atoms with Crippen molar-refractivity contribution >= 4 is 11.9 Å². The second-order valence-corrected chi connectivity index (χ2v) is 7.46. The maximum Gasteiger partial charge on any atom is 0.325 e. The van der Waals surface area contributed by atoms with Crippen LogP contribution in [0.15, 0.2) is 24.3 Å². The van der Waals surface area contributed by atoms with Crippen LogP contribution in [0.4, 0.5) is 0 Å². The van der Waals surface area contributed by atoms with Gasteiger partial charge in [0.15, 0.2) is 0 Å². The Bertz CT molecular complexity index is 617. The van der Waals surface area contributed by atoms with Crippen molar-refractivity contribution in [1.29, 1.82) is 0 Å². The highest BCUT2D eigenvalue weighted by atomic mass is 16.5. The molecule has 3 rings (SSSR count). The predicted molar refractivity (Wildman–Crippen MR) is 97.7 cm³/mol. The zero-order chi connectivity index (χ0) is 18.5. The topological polar surface area (TPSA) is 67.9 Å². The Morgan fingerprint density at radius 2 is 1.81 bits per heavy atom. The van der Waals surface area contributed by atoms with E-state index in [1.54, 1.807) is 12.1 Å². The molecule has 2 atom stereocenters. The highest BCUT2D eigenvalue weighted by Gasteiger charge is 2.23. The summed E-state index contributed by atoms with van der Waals surface area (Å²) >= 11 is 0. The number of nitrogens with one attached hydrogen (secondary N) is 1. The van der Waals surface area contributed by atoms with Crippen molar-refractivity contribution in [3.63, 3.8) is 0 Å². The number of hydrogen-bond donors (Lipinski definition) is 1. The van der Waals surface area contributed by atoms with E-state index < -0.39 is 0 Å². The number of ether oxygens (including phenoxy) is 2. The standard InChI is InChI=1S/C20H28N2O4/c1-14-10-22(11-15(2)26-14)12-16-5-7-18(8-6-16)20(24)21-9-19(23)25-13-17-3-4-17/h5-8,14-15,17H,3-4,9-13H2,1-2H3,(H,21,24). The summed E-state index contributed by atoms with van der Waals surface area (Å²) in [5.41, 5.74) is 1.71. The third-order valence-electron chi connectivity index (χ3n) is 4.69. The first-order chi connectivity index (χ1) is 12.5. The van der Waals surface area contributed by atoms with Crippen molar-refractivity contribution in [1.82, 2.24) is 10.2 Å². The molecule has 2 unspecified atom stereocenters. The minimum absolute atomic E-state index is 0.0864. The molecule has 2 fully saturated rings. The van der Waals surface area contributed by atoms with Gasteiger partial charge in [-0.15, -0.1) is 0 Å². The van der Waals surface area contributed by atoms with Crippen LogP contribution in [0.5, 0.6) is 0 Å². The van der Waals surface area contributed by atoms with Crippen molar-refractivity contribution < 1.29 is 19.1 Å². The van der Waals surface area contributed by atoms with E-state index in [4.69, 9.17) is 9.47 Å². The molecular weight excluding hydrogens is 332 g/mol. The predicted octanol–water partition coefficient (Wildman–Crippen LogP) is 1.98. The van der Waals surface area contributed by atoms with Gasteiger partial charge in [0.1, 0.15) is 6.54 Å². The Balaban J connectivity index is 1.44. The van der Waals surface area contributed by atoms with Gasteiger partial charge in [-0.05, 0) is 50.3 Å². The molecule has 1 aliphatic heterocycles. The van der Waals surface area contributed by atoms with Gasteiger partial charge >= 0.3 is 5.97 Å². The third-order valence-corrected chi connectivity index (χ3v) is 4.69. The van der Waals surface area contributed by atoms with E-state index in [2.05, 4.69) is 24.1 Å². The molecule has 1 amide bonds. The molecule has 6 nitrogen and oxygen atoms in total. The maximum atomic E-state index is 12.1. The first kappa shape index (κ1) is 18.9. The fraction of sp³-hybridized carbons (Fsp3) is 0.600. The molecule has 1 saturated heterocycles. The summed E-state index contributed by atoms with van der Waals surface area (Å²) in [5.74, 6) is -0.106. The lowest BCUT2D eigenvalue weighted by atomic mass is 10.1. The second kappa shape index (κ2) is 8.64. The lowest BCUT2D eigenvalue weighted by Crippen LogP contribution is -2.44. The molecule has 0 aromatic heterocycles. The summed E-state index contributed by atoms with van der Waals surface area (Å²) in [6, 6.07) is 7.53. The monoisotopic (exact) mass is 360 g/mol. The summed E-state index contributed by atoms with van der Waals surface area (Å²) in [4.78, 5) is 26.1. The van der Waals surface area contributed by atoms with E-state index in [-0.39, 0.29) is 30.6 Å². The van der Waals surface area contributed by atoms with E-state index >= 15 is 0 Å². The van der Waals surface area contributed by atoms with E-state index in [1.807, 2.05) is 12.1 Å². The molecule has 0 radical (unpaired) electrons. The quantitative estimate of drug-likeness (QED) is 0.753. The molecule has 1 N–H and O–H groups in total. The highest BCUT2D eigenvalue weighted by molar-refractivity contribution is 5.95. The summed E-state index contributed by atoms with van der Waals surface area (Å²) < 4.78 is 10.9. The SMILES string of the molecule is CC1CN(Cc2ccc(C(=O)NCC(=O)OCC3CC3)cc2)CC(C)O1. The van der Waals surface area contributed by atoms with Gasteiger partial charge < -0.3 is 14.8 Å². The lowest BCUT2D eigenvalue weighted by Gasteiger charge is -2.35. The van der Waals surface area contributed by atoms with Gasteiger partial charge in [0, 0.05) is 25.2 Å². The van der Waals surface area contributed by atoms with Crippen molar-refractivity contribution in [2.45, 2.75) is 45.4 Å². The van der Waals surface area contributed by atoms with Crippen LogP contribution in [0, 0.1) is 5.92 Å². The van der Waals surface area contributed by atoms with Gasteiger partial charge in [0.25, 0.3) is 5.91 Å². The molecule has 1 aromatic carbocycles. The second-order valence-electron chi connectivity index (χ2n) is 7.46. The van der Waals surface area contributed by atoms with Crippen molar-refractivity contribution in [2.75, 3.05) is 26.2 Å². The van der Waals surface area contributed by atoms with Crippen molar-refractivity contribution in [3.8, 4) is 0 Å². The summed E-state index contributed by atoms with van der Waals surface area (Å²) in [5, 5.41) is 2.61. The Kier molecular flexibility index (Phi) is 6.27. The van der Waals surface area contributed by atoms with Crippen LogP contribution in [0.3, 0.4) is 0 Å². The molecule has 26 heavy (non-hydrogen) atoms. The molecule has 1 saturated carbocycles. The minimum Gasteiger partial charge on any atom is -0.464 e. The average molecular weight is 360 g/mol. The number of esters is 1. The van der Waals surface area contributed by atoms with Crippen LogP contribution in [0.25, 0.3) is 0 Å². The zero-order valence-corrected chi connectivity index (χ0v) is 15.6. The molecule has 142 valence electrons. The van der Waals surface area contributed by atoms with E-state index in [0.29, 0.717) is 18.1 Å². The van der Waals surface area contributed by atoms with E-state index in [9.17, 15) is 9.59 Å². The minimum atomic E-state index is -0.377. The number of rotatable bonds is 7. The van der Waals surface area contributed by atoms with Crippen LogP contribution in [0.1, 0.15) is 42.6 Å². The van der Waals surface area contributed by atoms with E-state index in [1.165, 1.54) is 0 Å². The highest BCUT2D eigenvalue weighted by Crippen LogP contribution is 2.28. The Hall–Kier alpha value is -1.92. The Morgan fingerprint density at radius 1 is 1.15 bits per heavy atom. The molecule has 6 heteroatoms. The smallest absolute Gasteiger partial charge is 0.325 e. The first-order valence-corrected chi connectivity index (χ1v) is 9.40. The van der Waals surface area contributed by atoms with Crippen LogP contribution in [-0.2, 0) is 20.8 Å². The molecular formula is C20H28N2O4. The average Bonchev–Trinajstić information content (AvgIpc) is 3.42. The first-order valence-electron chi connectivity index (χ1n) is 9.40. The largest absolute Gasteiger partial charge is 0.464 e. The Labute approximate surface area is 154 Å². The number of carbonyl (C=O) groups is 2. The number of benzene rings is 1. The fourth-order valence-electron chi connectivity index (χ4n) is 3.23. The normalized spacial score (nSPS) is 23.5. The van der Waals surface area contributed by atoms with Gasteiger partial charge in [-0.25, -0.2) is 0 Å². The number of nitrogens with zero attached hydrogens (tertiary/aromatic N) is 1. The molecule has 1 heterocycles. The molecule has 1 aliphatic carbocycles. The molecule has 1 aromatic rings. The number of carbonyl (C=O) groups excluding carboxylic acids is 2. The van der Waals surface area contributed by atoms with Gasteiger partial charge in [0.05, 0.1) is 18.8 Å². The lowest BCUT2D eigenvalue weighted by molar-refractivity contribution is -0.142. The van der Waals surface area contributed by atoms with Gasteiger partial charge in [-0.2, -0.15) is 0 Å². The van der Waals surface area contributed by atoms with Crippen molar-refractivity contribution in [2.24, 2.45) is 5.92 Å². The number of amides is 1. The van der Waals surface area contributed by atoms with Crippen molar-refractivity contribution in [3.05, 3.63) is 35.4 Å². The Morgan fingerprint density at radius 3 is 2.42 bits per heavy atom. The fourth-order valence-corrected chi connectivity index (χ4v) is 3.23.